The van der Waals surface area contributed by atoms with E-state index in [1.54, 1.807) is 14.2 Å². The first-order valence-electron chi connectivity index (χ1n) is 20.6. The molecule has 0 bridgehead atoms. The van der Waals surface area contributed by atoms with Gasteiger partial charge in [0.2, 0.25) is 0 Å². The van der Waals surface area contributed by atoms with Gasteiger partial charge in [0.1, 0.15) is 48.4 Å². The maximum Gasteiger partial charge on any atom is 0.510 e. The van der Waals surface area contributed by atoms with Gasteiger partial charge in [0.15, 0.2) is 12.6 Å². The van der Waals surface area contributed by atoms with E-state index in [0.29, 0.717) is 24.6 Å². The lowest BCUT2D eigenvalue weighted by atomic mass is 10.0. The van der Waals surface area contributed by atoms with E-state index in [1.807, 2.05) is 123 Å². The van der Waals surface area contributed by atoms with Crippen LogP contribution < -0.4 is 18.9 Å². The van der Waals surface area contributed by atoms with Gasteiger partial charge in [-0.25, -0.2) is 4.57 Å². The summed E-state index contributed by atoms with van der Waals surface area (Å²) in [5, 5.41) is 0. The SMILES string of the molecule is COc1cccc(CCc2ccccc2OC[C@@H](CN(C)C)O[C@@H](CCCl)OP(=O)(OF)O[C@H](CCCl)O[C@@H](COc2ccccc2CCc2cccc(OC)c2)CN(C)C)c1. The summed E-state index contributed by atoms with van der Waals surface area (Å²) in [7, 11) is 5.81. The molecule has 0 aromatic heterocycles. The Balaban J connectivity index is 1.41. The van der Waals surface area contributed by atoms with Crippen molar-refractivity contribution in [3.8, 4) is 23.0 Å². The molecule has 4 aromatic rings. The predicted octanol–water partition coefficient (Wildman–Crippen LogP) is 9.58. The molecule has 4 rings (SSSR count). The molecule has 0 saturated carbocycles. The summed E-state index contributed by atoms with van der Waals surface area (Å²) < 4.78 is 79.4. The molecule has 0 aliphatic rings. The monoisotopic (exact) mass is 922 g/mol. The summed E-state index contributed by atoms with van der Waals surface area (Å²) in [6.07, 6.45) is -0.842. The Morgan fingerprint density at radius 2 is 1.02 bits per heavy atom. The van der Waals surface area contributed by atoms with Crippen LogP contribution in [0, 0.1) is 0 Å². The zero-order valence-corrected chi connectivity index (χ0v) is 39.0. The molecule has 0 N–H and O–H groups in total. The molecule has 0 amide bonds. The summed E-state index contributed by atoms with van der Waals surface area (Å²) in [6.45, 7) is 0.938. The number of halogens is 3. The molecule has 0 saturated heterocycles. The molecule has 0 fully saturated rings. The van der Waals surface area contributed by atoms with Gasteiger partial charge in [-0.05, 0) is 117 Å². The van der Waals surface area contributed by atoms with Crippen molar-refractivity contribution in [2.24, 2.45) is 0 Å². The Labute approximate surface area is 376 Å². The van der Waals surface area contributed by atoms with Crippen molar-refractivity contribution in [1.29, 1.82) is 0 Å². The summed E-state index contributed by atoms with van der Waals surface area (Å²) in [4.78, 5) is 3.80. The van der Waals surface area contributed by atoms with Gasteiger partial charge >= 0.3 is 7.82 Å². The lowest BCUT2D eigenvalue weighted by molar-refractivity contribution is -0.189. The van der Waals surface area contributed by atoms with Gasteiger partial charge in [0, 0.05) is 37.7 Å². The standard InChI is InChI=1S/C46H62Cl2FN2O10P/c1-50(2)31-41(33-55-43-19-9-7-15-37(43)23-21-35-13-11-17-39(29-35)53-5)57-45(25-27-47)59-62(52,61-49)60-46(26-28-48)58-42(32-51(3)4)34-56-44-20-10-8-16-38(44)24-22-36-14-12-18-40(30-36)54-6/h7-20,29-30,41-42,45-46H,21-28,31-34H2,1-6H3/t41-,42-,45-,46-/m1/s1. The normalized spacial score (nSPS) is 13.8. The number of ether oxygens (including phenoxy) is 6. The third-order valence-electron chi connectivity index (χ3n) is 9.52. The zero-order chi connectivity index (χ0) is 44.7. The van der Waals surface area contributed by atoms with Crippen LogP contribution in [0.5, 0.6) is 23.0 Å². The van der Waals surface area contributed by atoms with Crippen LogP contribution in [0.1, 0.15) is 35.1 Å². The fourth-order valence-corrected chi connectivity index (χ4v) is 7.97. The van der Waals surface area contributed by atoms with Crippen LogP contribution >= 0.6 is 31.0 Å². The van der Waals surface area contributed by atoms with E-state index in [1.165, 1.54) is 0 Å². The number of nitrogens with zero attached hydrogens (tertiary/aromatic N) is 2. The number of alkyl halides is 2. The van der Waals surface area contributed by atoms with Crippen LogP contribution in [0.3, 0.4) is 0 Å². The second-order valence-corrected chi connectivity index (χ2v) is 17.3. The van der Waals surface area contributed by atoms with E-state index in [2.05, 4.69) is 16.9 Å². The van der Waals surface area contributed by atoms with Crippen molar-refractivity contribution in [3.63, 3.8) is 0 Å². The number of benzene rings is 4. The van der Waals surface area contributed by atoms with E-state index in [9.17, 15) is 9.09 Å². The largest absolute Gasteiger partial charge is 0.510 e. The van der Waals surface area contributed by atoms with Crippen molar-refractivity contribution in [2.45, 2.75) is 63.3 Å². The fourth-order valence-electron chi connectivity index (χ4n) is 6.61. The zero-order valence-electron chi connectivity index (χ0n) is 36.6. The maximum atomic E-state index is 14.4. The molecule has 62 heavy (non-hydrogen) atoms. The van der Waals surface area contributed by atoms with E-state index in [0.717, 1.165) is 59.4 Å². The topological polar surface area (TPSA) is 107 Å². The Bertz CT molecular complexity index is 1800. The summed E-state index contributed by atoms with van der Waals surface area (Å²) in [6, 6.07) is 31.4. The number of para-hydroxylation sites is 2. The van der Waals surface area contributed by atoms with Gasteiger partial charge in [-0.15, -0.1) is 23.2 Å². The van der Waals surface area contributed by atoms with E-state index < -0.39 is 32.6 Å². The number of methoxy groups -OCH3 is 2. The molecule has 0 aliphatic heterocycles. The van der Waals surface area contributed by atoms with Crippen molar-refractivity contribution in [3.05, 3.63) is 119 Å². The number of phosphoric acid groups is 1. The lowest BCUT2D eigenvalue weighted by Crippen LogP contribution is -2.38. The van der Waals surface area contributed by atoms with Crippen LogP contribution in [0.15, 0.2) is 97.1 Å². The first kappa shape index (κ1) is 51.2. The first-order chi connectivity index (χ1) is 30.0. The third kappa shape index (κ3) is 18.3. The van der Waals surface area contributed by atoms with Crippen LogP contribution in [0.4, 0.5) is 4.53 Å². The number of aryl methyl sites for hydroxylation is 4. The molecule has 12 nitrogen and oxygen atoms in total. The highest BCUT2D eigenvalue weighted by molar-refractivity contribution is 7.48. The number of rotatable bonds is 31. The summed E-state index contributed by atoms with van der Waals surface area (Å²) in [5.74, 6) is 3.04. The number of hydrogen-bond acceptors (Lipinski definition) is 12. The molecule has 0 radical (unpaired) electrons. The average Bonchev–Trinajstić information content (AvgIpc) is 3.26. The molecular weight excluding hydrogens is 861 g/mol. The molecule has 0 heterocycles. The Morgan fingerprint density at radius 1 is 0.597 bits per heavy atom. The maximum absolute atomic E-state index is 14.4. The molecule has 342 valence electrons. The molecule has 0 unspecified atom stereocenters. The molecular formula is C46H62Cl2FN2O10P. The highest BCUT2D eigenvalue weighted by atomic mass is 35.5. The van der Waals surface area contributed by atoms with Gasteiger partial charge in [-0.3, -0.25) is 9.05 Å². The van der Waals surface area contributed by atoms with Gasteiger partial charge < -0.3 is 38.2 Å². The molecule has 16 heteroatoms. The minimum Gasteiger partial charge on any atom is -0.497 e. The van der Waals surface area contributed by atoms with E-state index in [-0.39, 0.29) is 37.8 Å². The van der Waals surface area contributed by atoms with Crippen molar-refractivity contribution in [2.75, 3.05) is 80.5 Å². The van der Waals surface area contributed by atoms with Crippen LogP contribution in [0.2, 0.25) is 0 Å². The van der Waals surface area contributed by atoms with Crippen molar-refractivity contribution < 1.29 is 51.3 Å². The van der Waals surface area contributed by atoms with Crippen LogP contribution in [-0.2, 0) is 53.5 Å². The van der Waals surface area contributed by atoms with Crippen molar-refractivity contribution in [1.82, 2.24) is 9.80 Å². The lowest BCUT2D eigenvalue weighted by Gasteiger charge is -2.30. The smallest absolute Gasteiger partial charge is 0.497 e. The Hall–Kier alpha value is -3.46. The molecule has 4 atom stereocenters. The minimum absolute atomic E-state index is 0.0225. The van der Waals surface area contributed by atoms with Gasteiger partial charge in [0.05, 0.1) is 14.2 Å². The van der Waals surface area contributed by atoms with Gasteiger partial charge in [0.25, 0.3) is 0 Å². The highest BCUT2D eigenvalue weighted by Gasteiger charge is 2.38. The first-order valence-corrected chi connectivity index (χ1v) is 23.2. The minimum atomic E-state index is -4.97. The second kappa shape index (κ2) is 27.7. The predicted molar refractivity (Wildman–Crippen MR) is 242 cm³/mol. The molecule has 0 aliphatic carbocycles. The molecule has 0 spiro atoms. The second-order valence-electron chi connectivity index (χ2n) is 15.1. The van der Waals surface area contributed by atoms with Gasteiger partial charge in [-0.2, -0.15) is 0 Å². The Kier molecular flexibility index (Phi) is 22.8. The van der Waals surface area contributed by atoms with E-state index >= 15 is 0 Å². The third-order valence-corrected chi connectivity index (χ3v) is 11.1. The summed E-state index contributed by atoms with van der Waals surface area (Å²) >= 11 is 12.3. The quantitative estimate of drug-likeness (QED) is 0.0273. The van der Waals surface area contributed by atoms with Gasteiger partial charge in [-0.1, -0.05) is 65.4 Å². The molecule has 4 aromatic carbocycles. The number of hydrogen-bond donors (Lipinski definition) is 0. The van der Waals surface area contributed by atoms with Crippen molar-refractivity contribution >= 4 is 31.0 Å². The summed E-state index contributed by atoms with van der Waals surface area (Å²) in [5.41, 5.74) is 4.28. The Morgan fingerprint density at radius 3 is 1.39 bits per heavy atom. The average molecular weight is 924 g/mol. The van der Waals surface area contributed by atoms with E-state index in [4.69, 9.17) is 60.7 Å². The van der Waals surface area contributed by atoms with Crippen LogP contribution in [0.25, 0.3) is 0 Å². The van der Waals surface area contributed by atoms with Crippen LogP contribution in [-0.4, -0.2) is 115 Å². The number of phosphoric ester groups is 1. The highest BCUT2D eigenvalue weighted by Crippen LogP contribution is 2.53. The number of likely N-dealkylation sites (N-methyl/N-ethyl adjacent to an activating group) is 2. The fraction of sp³-hybridized carbons (Fsp3) is 0.478.